The maximum Gasteiger partial charge on any atom is 0.492 e. The molecule has 0 bridgehead atoms. The monoisotopic (exact) mass is 405 g/mol. The van der Waals surface area contributed by atoms with Crippen molar-refractivity contribution in [2.24, 2.45) is 11.8 Å². The van der Waals surface area contributed by atoms with Crippen LogP contribution in [-0.2, 0) is 25.5 Å². The van der Waals surface area contributed by atoms with E-state index >= 15 is 0 Å². The van der Waals surface area contributed by atoms with Crippen molar-refractivity contribution < 1.29 is 33.8 Å². The van der Waals surface area contributed by atoms with Crippen LogP contribution in [0.2, 0.25) is 0 Å². The third-order valence-electron chi connectivity index (χ3n) is 5.49. The largest absolute Gasteiger partial charge is 0.492 e. The fourth-order valence-electron chi connectivity index (χ4n) is 4.04. The molecule has 158 valence electrons. The molecule has 0 spiro atoms. The second-order valence-electron chi connectivity index (χ2n) is 7.97. The summed E-state index contributed by atoms with van der Waals surface area (Å²) in [4.78, 5) is 27.0. The van der Waals surface area contributed by atoms with Gasteiger partial charge in [-0.05, 0) is 35.5 Å². The highest BCUT2D eigenvalue weighted by atomic mass is 16.5. The summed E-state index contributed by atoms with van der Waals surface area (Å²) in [5.41, 5.74) is 2.41. The van der Waals surface area contributed by atoms with Crippen molar-refractivity contribution >= 4 is 24.5 Å². The summed E-state index contributed by atoms with van der Waals surface area (Å²) < 4.78 is 16.3. The second kappa shape index (κ2) is 9.25. The molecule has 2 N–H and O–H groups in total. The maximum atomic E-state index is 13.5. The van der Waals surface area contributed by atoms with Gasteiger partial charge < -0.3 is 29.2 Å². The Balaban J connectivity index is 1.95. The summed E-state index contributed by atoms with van der Waals surface area (Å²) in [6.07, 6.45) is 0. The van der Waals surface area contributed by atoms with Crippen LogP contribution in [0.4, 0.5) is 0 Å². The smallest absolute Gasteiger partial charge is 0.480 e. The Morgan fingerprint density at radius 1 is 1.24 bits per heavy atom. The van der Waals surface area contributed by atoms with Crippen molar-refractivity contribution in [3.63, 3.8) is 0 Å². The van der Waals surface area contributed by atoms with Gasteiger partial charge in [-0.2, -0.15) is 0 Å². The molecule has 1 aromatic rings. The van der Waals surface area contributed by atoms with Crippen LogP contribution in [0.15, 0.2) is 12.1 Å². The first-order valence-electron chi connectivity index (χ1n) is 9.92. The van der Waals surface area contributed by atoms with Crippen molar-refractivity contribution in [1.29, 1.82) is 0 Å². The van der Waals surface area contributed by atoms with E-state index in [0.29, 0.717) is 43.0 Å². The van der Waals surface area contributed by atoms with E-state index in [9.17, 15) is 19.7 Å². The van der Waals surface area contributed by atoms with E-state index in [1.54, 1.807) is 32.9 Å². The fraction of sp³-hybridized carbons (Fsp3) is 0.600. The molecule has 0 saturated carbocycles. The molecule has 2 heterocycles. The topological polar surface area (TPSA) is 106 Å². The number of fused-ring (bicyclic) bond motifs is 1. The van der Waals surface area contributed by atoms with Crippen LogP contribution in [-0.4, -0.2) is 73.0 Å². The molecule has 0 aliphatic carbocycles. The average molecular weight is 405 g/mol. The van der Waals surface area contributed by atoms with E-state index in [0.717, 1.165) is 5.56 Å². The summed E-state index contributed by atoms with van der Waals surface area (Å²) >= 11 is 0. The number of hydrogen-bond donors (Lipinski definition) is 2. The van der Waals surface area contributed by atoms with Crippen LogP contribution in [0, 0.1) is 18.8 Å². The zero-order valence-electron chi connectivity index (χ0n) is 17.1. The van der Waals surface area contributed by atoms with Gasteiger partial charge in [0.1, 0.15) is 6.04 Å². The first-order valence-corrected chi connectivity index (χ1v) is 9.92. The lowest BCUT2D eigenvalue weighted by Gasteiger charge is -2.34. The van der Waals surface area contributed by atoms with Crippen molar-refractivity contribution in [2.75, 3.05) is 33.0 Å². The number of hydrogen-bond acceptors (Lipinski definition) is 6. The number of nitrogens with zero attached hydrogens (tertiary/aromatic N) is 1. The Bertz CT molecular complexity index is 761. The van der Waals surface area contributed by atoms with E-state index in [1.807, 2.05) is 0 Å². The molecule has 2 aliphatic heterocycles. The minimum atomic E-state index is -1.07. The second-order valence-corrected chi connectivity index (χ2v) is 7.97. The average Bonchev–Trinajstić information content (AvgIpc) is 2.87. The maximum absolute atomic E-state index is 13.5. The molecular weight excluding hydrogens is 377 g/mol. The van der Waals surface area contributed by atoms with E-state index in [1.165, 1.54) is 4.90 Å². The molecule has 2 aliphatic rings. The van der Waals surface area contributed by atoms with Crippen LogP contribution in [0.5, 0.6) is 0 Å². The van der Waals surface area contributed by atoms with Crippen molar-refractivity contribution in [1.82, 2.24) is 4.90 Å². The summed E-state index contributed by atoms with van der Waals surface area (Å²) in [5, 5.41) is 20.0. The molecule has 0 aromatic heterocycles. The number of ether oxygens (including phenoxy) is 2. The lowest BCUT2D eigenvalue weighted by atomic mass is 9.75. The minimum Gasteiger partial charge on any atom is -0.480 e. The molecule has 1 aromatic carbocycles. The highest BCUT2D eigenvalue weighted by Crippen LogP contribution is 2.22. The summed E-state index contributed by atoms with van der Waals surface area (Å²) in [7, 11) is -1.07. The molecule has 1 atom stereocenters. The molecule has 1 fully saturated rings. The van der Waals surface area contributed by atoms with Gasteiger partial charge >= 0.3 is 13.1 Å². The van der Waals surface area contributed by atoms with Gasteiger partial charge in [0, 0.05) is 18.0 Å². The van der Waals surface area contributed by atoms with Crippen LogP contribution >= 0.6 is 0 Å². The normalized spacial score (nSPS) is 18.4. The van der Waals surface area contributed by atoms with E-state index < -0.39 is 19.1 Å². The molecule has 1 amide bonds. The summed E-state index contributed by atoms with van der Waals surface area (Å²) in [6, 6.07) is 2.46. The van der Waals surface area contributed by atoms with E-state index in [-0.39, 0.29) is 30.9 Å². The third kappa shape index (κ3) is 4.64. The number of carboxylic acid groups (broad SMARTS) is 1. The van der Waals surface area contributed by atoms with Crippen LogP contribution in [0.25, 0.3) is 0 Å². The van der Waals surface area contributed by atoms with Gasteiger partial charge in [0.2, 0.25) is 0 Å². The van der Waals surface area contributed by atoms with Gasteiger partial charge in [0.25, 0.3) is 5.91 Å². The van der Waals surface area contributed by atoms with Gasteiger partial charge in [-0.25, -0.2) is 4.79 Å². The number of benzene rings is 1. The Labute approximate surface area is 170 Å². The SMILES string of the molecule is Cc1c(C(=O)N(CC2COCCOC2)[C@H](C(=O)O)C(C)C)ccc2c1B(O)OC2. The zero-order valence-corrected chi connectivity index (χ0v) is 17.1. The molecule has 9 heteroatoms. The Morgan fingerprint density at radius 2 is 1.90 bits per heavy atom. The molecule has 0 radical (unpaired) electrons. The molecule has 8 nitrogen and oxygen atoms in total. The van der Waals surface area contributed by atoms with E-state index in [2.05, 4.69) is 0 Å². The Morgan fingerprint density at radius 3 is 2.48 bits per heavy atom. The third-order valence-corrected chi connectivity index (χ3v) is 5.49. The predicted molar refractivity (Wildman–Crippen MR) is 106 cm³/mol. The van der Waals surface area contributed by atoms with Gasteiger partial charge in [0.05, 0.1) is 33.0 Å². The highest BCUT2D eigenvalue weighted by Gasteiger charge is 2.37. The van der Waals surface area contributed by atoms with Gasteiger partial charge in [-0.15, -0.1) is 0 Å². The number of carbonyl (C=O) groups excluding carboxylic acids is 1. The number of carbonyl (C=O) groups is 2. The zero-order chi connectivity index (χ0) is 21.1. The minimum absolute atomic E-state index is 0.120. The van der Waals surface area contributed by atoms with Gasteiger partial charge in [-0.1, -0.05) is 19.9 Å². The molecule has 0 unspecified atom stereocenters. The lowest BCUT2D eigenvalue weighted by Crippen LogP contribution is -2.51. The molecule has 1 saturated heterocycles. The fourth-order valence-corrected chi connectivity index (χ4v) is 4.04. The number of aliphatic carboxylic acids is 1. The van der Waals surface area contributed by atoms with Crippen molar-refractivity contribution in [3.05, 3.63) is 28.8 Å². The van der Waals surface area contributed by atoms with Crippen molar-refractivity contribution in [3.8, 4) is 0 Å². The van der Waals surface area contributed by atoms with Crippen LogP contribution in [0.3, 0.4) is 0 Å². The lowest BCUT2D eigenvalue weighted by molar-refractivity contribution is -0.144. The van der Waals surface area contributed by atoms with E-state index in [4.69, 9.17) is 14.1 Å². The molecular formula is C20H28BNO7. The van der Waals surface area contributed by atoms with Crippen LogP contribution in [0.1, 0.15) is 35.3 Å². The Hall–Kier alpha value is -1.94. The van der Waals surface area contributed by atoms with Crippen molar-refractivity contribution in [2.45, 2.75) is 33.4 Å². The summed E-state index contributed by atoms with van der Waals surface area (Å²) in [6.45, 7) is 7.61. The number of carboxylic acids is 1. The highest BCUT2D eigenvalue weighted by molar-refractivity contribution is 6.62. The Kier molecular flexibility index (Phi) is 6.95. The summed E-state index contributed by atoms with van der Waals surface area (Å²) in [5.74, 6) is -1.83. The standard InChI is InChI=1S/C20H28BNO7/c1-12(2)18(20(24)25)22(8-14-9-27-6-7-28-10-14)19(23)16-5-4-15-11-29-21(26)17(15)13(16)3/h4-5,12,14,18,26H,6-11H2,1-3H3,(H,24,25)/t18-/m0/s1. The molecule has 29 heavy (non-hydrogen) atoms. The quantitative estimate of drug-likeness (QED) is 0.662. The van der Waals surface area contributed by atoms with Gasteiger partial charge in [0.15, 0.2) is 0 Å². The number of rotatable bonds is 6. The number of amides is 1. The predicted octanol–water partition coefficient (Wildman–Crippen LogP) is 0.427. The van der Waals surface area contributed by atoms with Crippen LogP contribution < -0.4 is 5.46 Å². The van der Waals surface area contributed by atoms with Gasteiger partial charge in [-0.3, -0.25) is 4.79 Å². The first kappa shape index (κ1) is 21.8. The molecule has 3 rings (SSSR count). The first-order chi connectivity index (χ1) is 13.8.